The largest absolute Gasteiger partial charge is 0.456 e. The molecular formula is C43H27N3O. The molecule has 0 aliphatic rings. The van der Waals surface area contributed by atoms with Crippen LogP contribution in [0.4, 0.5) is 0 Å². The summed E-state index contributed by atoms with van der Waals surface area (Å²) >= 11 is 0. The first-order valence-corrected chi connectivity index (χ1v) is 15.3. The van der Waals surface area contributed by atoms with Crippen LogP contribution in [0.25, 0.3) is 89.1 Å². The maximum atomic E-state index is 8.66. The zero-order chi connectivity index (χ0) is 35.5. The zero-order valence-electron chi connectivity index (χ0n) is 30.0. The van der Waals surface area contributed by atoms with Crippen molar-refractivity contribution in [3.8, 4) is 56.4 Å². The monoisotopic (exact) mass is 606 g/mol. The van der Waals surface area contributed by atoms with E-state index in [9.17, 15) is 0 Å². The first-order valence-electron chi connectivity index (χ1n) is 17.8. The predicted octanol–water partition coefficient (Wildman–Crippen LogP) is 11.3. The number of fused-ring (bicyclic) bond motifs is 4. The van der Waals surface area contributed by atoms with Crippen molar-refractivity contribution in [2.24, 2.45) is 0 Å². The molecule has 2 aromatic heterocycles. The summed E-state index contributed by atoms with van der Waals surface area (Å²) in [5.74, 6) is 0.558. The quantitative estimate of drug-likeness (QED) is 0.196. The average molecular weight is 607 g/mol. The van der Waals surface area contributed by atoms with Gasteiger partial charge in [0, 0.05) is 27.5 Å². The fraction of sp³-hybridized carbons (Fsp3) is 0. The van der Waals surface area contributed by atoms with Crippen molar-refractivity contribution in [3.05, 3.63) is 164 Å². The number of hydrogen-bond acceptors (Lipinski definition) is 4. The van der Waals surface area contributed by atoms with Gasteiger partial charge in [0.25, 0.3) is 0 Å². The first kappa shape index (κ1) is 22.2. The highest BCUT2D eigenvalue weighted by molar-refractivity contribution is 6.10. The van der Waals surface area contributed by atoms with Crippen LogP contribution in [0.2, 0.25) is 0 Å². The van der Waals surface area contributed by atoms with E-state index in [1.54, 1.807) is 0 Å². The Morgan fingerprint density at radius 3 is 1.53 bits per heavy atom. The van der Waals surface area contributed by atoms with Gasteiger partial charge in [0.1, 0.15) is 11.2 Å². The molecule has 9 aromatic rings. The summed E-state index contributed by atoms with van der Waals surface area (Å²) in [6, 6.07) is 42.3. The second-order valence-corrected chi connectivity index (χ2v) is 11.3. The van der Waals surface area contributed by atoms with Gasteiger partial charge in [0.15, 0.2) is 17.5 Å². The molecule has 0 amide bonds. The number of aromatic nitrogens is 3. The summed E-state index contributed by atoms with van der Waals surface area (Å²) in [7, 11) is 0. The minimum Gasteiger partial charge on any atom is -0.456 e. The lowest BCUT2D eigenvalue weighted by Gasteiger charge is -2.09. The van der Waals surface area contributed by atoms with Crippen LogP contribution < -0.4 is 0 Å². The van der Waals surface area contributed by atoms with Crippen LogP contribution >= 0.6 is 0 Å². The second-order valence-electron chi connectivity index (χ2n) is 11.3. The summed E-state index contributed by atoms with van der Waals surface area (Å²) in [6.07, 6.45) is 0. The molecule has 0 radical (unpaired) electrons. The molecular weight excluding hydrogens is 574 g/mol. The highest BCUT2D eigenvalue weighted by Gasteiger charge is 2.15. The zero-order valence-corrected chi connectivity index (χ0v) is 25.0. The number of hydrogen-bond donors (Lipinski definition) is 0. The molecule has 0 saturated carbocycles. The molecule has 0 N–H and O–H groups in total. The van der Waals surface area contributed by atoms with Crippen molar-refractivity contribution < 1.29 is 11.3 Å². The van der Waals surface area contributed by atoms with Gasteiger partial charge in [0.2, 0.25) is 0 Å². The molecule has 7 aromatic carbocycles. The molecule has 4 heteroatoms. The Hall–Kier alpha value is -6.39. The van der Waals surface area contributed by atoms with Gasteiger partial charge in [-0.25, -0.2) is 15.0 Å². The summed E-state index contributed by atoms with van der Waals surface area (Å²) < 4.78 is 48.3. The van der Waals surface area contributed by atoms with E-state index < -0.39 is 18.1 Å². The molecule has 0 saturated heterocycles. The molecule has 4 nitrogen and oxygen atoms in total. The van der Waals surface area contributed by atoms with E-state index in [0.29, 0.717) is 22.5 Å². The van der Waals surface area contributed by atoms with Crippen LogP contribution in [0.15, 0.2) is 168 Å². The Balaban J connectivity index is 1.16. The van der Waals surface area contributed by atoms with Gasteiger partial charge >= 0.3 is 0 Å². The SMILES string of the molecule is [2H]c1c([2H])c([2H])c(-c2nc(-c3ccc(-c4ccc(-c5ccccc5)cc4)cc3)nc(-c3ccc4c(c3)oc3cc5ccccc5cc34)n2)c([2H])c1[2H]. The van der Waals surface area contributed by atoms with Crippen molar-refractivity contribution in [2.75, 3.05) is 0 Å². The molecule has 0 aliphatic heterocycles. The normalized spacial score (nSPS) is 12.9. The number of nitrogens with zero attached hydrogens (tertiary/aromatic N) is 3. The van der Waals surface area contributed by atoms with E-state index >= 15 is 0 Å². The molecule has 0 unspecified atom stereocenters. The Morgan fingerprint density at radius 1 is 0.383 bits per heavy atom. The van der Waals surface area contributed by atoms with E-state index in [-0.39, 0.29) is 29.3 Å². The third-order valence-electron chi connectivity index (χ3n) is 8.43. The third kappa shape index (κ3) is 5.02. The van der Waals surface area contributed by atoms with Crippen LogP contribution in [-0.2, 0) is 0 Å². The van der Waals surface area contributed by atoms with Gasteiger partial charge in [-0.2, -0.15) is 0 Å². The molecule has 9 rings (SSSR count). The Morgan fingerprint density at radius 2 is 0.872 bits per heavy atom. The van der Waals surface area contributed by atoms with E-state index in [1.807, 2.05) is 84.9 Å². The number of furan rings is 1. The van der Waals surface area contributed by atoms with E-state index in [1.165, 1.54) is 0 Å². The first-order chi connectivity index (χ1) is 25.3. The average Bonchev–Trinajstić information content (AvgIpc) is 3.55. The Kier molecular flexibility index (Phi) is 5.28. The number of benzene rings is 7. The molecule has 0 aliphatic carbocycles. The van der Waals surface area contributed by atoms with Crippen LogP contribution in [0.5, 0.6) is 0 Å². The van der Waals surface area contributed by atoms with Crippen molar-refractivity contribution in [1.82, 2.24) is 15.0 Å². The minimum atomic E-state index is -0.483. The highest BCUT2D eigenvalue weighted by atomic mass is 16.3. The fourth-order valence-electron chi connectivity index (χ4n) is 6.01. The third-order valence-corrected chi connectivity index (χ3v) is 8.43. The topological polar surface area (TPSA) is 51.8 Å². The summed E-state index contributed by atoms with van der Waals surface area (Å²) in [5, 5.41) is 4.13. The molecule has 47 heavy (non-hydrogen) atoms. The lowest BCUT2D eigenvalue weighted by molar-refractivity contribution is 0.669. The predicted molar refractivity (Wildman–Crippen MR) is 192 cm³/mol. The van der Waals surface area contributed by atoms with E-state index in [0.717, 1.165) is 49.4 Å². The molecule has 0 fully saturated rings. The van der Waals surface area contributed by atoms with Crippen molar-refractivity contribution in [2.45, 2.75) is 0 Å². The second kappa shape index (κ2) is 11.2. The molecule has 0 atom stereocenters. The van der Waals surface area contributed by atoms with Crippen molar-refractivity contribution in [3.63, 3.8) is 0 Å². The smallest absolute Gasteiger partial charge is 0.164 e. The minimum absolute atomic E-state index is 0.0199. The molecule has 2 heterocycles. The van der Waals surface area contributed by atoms with Gasteiger partial charge in [-0.15, -0.1) is 0 Å². The van der Waals surface area contributed by atoms with Gasteiger partial charge < -0.3 is 4.42 Å². The lowest BCUT2D eigenvalue weighted by atomic mass is 9.99. The van der Waals surface area contributed by atoms with Crippen LogP contribution in [0, 0.1) is 0 Å². The molecule has 220 valence electrons. The maximum absolute atomic E-state index is 8.66. The van der Waals surface area contributed by atoms with E-state index in [2.05, 4.69) is 48.5 Å². The van der Waals surface area contributed by atoms with Crippen LogP contribution in [-0.4, -0.2) is 15.0 Å². The fourth-order valence-corrected chi connectivity index (χ4v) is 6.01. The lowest BCUT2D eigenvalue weighted by Crippen LogP contribution is -2.00. The summed E-state index contributed by atoms with van der Waals surface area (Å²) in [4.78, 5) is 14.3. The van der Waals surface area contributed by atoms with Crippen LogP contribution in [0.1, 0.15) is 6.85 Å². The van der Waals surface area contributed by atoms with Gasteiger partial charge in [0.05, 0.1) is 6.85 Å². The Bertz CT molecular complexity index is 2810. The standard InChI is InChI=1S/C43H27N3O/c1-3-9-28(10-4-1)29-15-17-30(18-16-29)31-19-21-33(22-20-31)42-44-41(32-11-5-2-6-12-32)45-43(46-42)36-23-24-37-38-25-34-13-7-8-14-35(34)26-40(38)47-39(37)27-36/h1-27H/i2D,5D,6D,11D,12D. The molecule has 0 bridgehead atoms. The molecule has 0 spiro atoms. The van der Waals surface area contributed by atoms with Crippen molar-refractivity contribution >= 4 is 32.7 Å². The highest BCUT2D eigenvalue weighted by Crippen LogP contribution is 2.35. The summed E-state index contributed by atoms with van der Waals surface area (Å²) in [6.45, 7) is 0. The van der Waals surface area contributed by atoms with Gasteiger partial charge in [-0.1, -0.05) is 139 Å². The van der Waals surface area contributed by atoms with E-state index in [4.69, 9.17) is 26.2 Å². The Labute approximate surface area is 278 Å². The summed E-state index contributed by atoms with van der Waals surface area (Å²) in [5.41, 5.74) is 6.96. The van der Waals surface area contributed by atoms with Crippen LogP contribution in [0.3, 0.4) is 0 Å². The van der Waals surface area contributed by atoms with Gasteiger partial charge in [-0.05, 0) is 57.3 Å². The maximum Gasteiger partial charge on any atom is 0.164 e. The van der Waals surface area contributed by atoms with Gasteiger partial charge in [-0.3, -0.25) is 0 Å². The van der Waals surface area contributed by atoms with Crippen molar-refractivity contribution in [1.29, 1.82) is 0 Å². The number of rotatable bonds is 5.